The maximum absolute atomic E-state index is 12.6. The molecule has 1 atom stereocenters. The predicted octanol–water partition coefficient (Wildman–Crippen LogP) is 3.71. The molecule has 2 aromatic rings. The minimum Gasteiger partial charge on any atom is -0.380 e. The lowest BCUT2D eigenvalue weighted by atomic mass is 10.0. The normalized spacial score (nSPS) is 15.8. The summed E-state index contributed by atoms with van der Waals surface area (Å²) in [6.07, 6.45) is 2.47. The second-order valence-electron chi connectivity index (χ2n) is 7.01. The molecule has 0 aliphatic carbocycles. The number of likely N-dealkylation sites (tertiary alicyclic amines) is 1. The van der Waals surface area contributed by atoms with Gasteiger partial charge in [-0.25, -0.2) is 0 Å². The van der Waals surface area contributed by atoms with Crippen LogP contribution in [-0.4, -0.2) is 37.6 Å². The van der Waals surface area contributed by atoms with E-state index in [9.17, 15) is 4.79 Å². The van der Waals surface area contributed by atoms with Crippen LogP contribution in [-0.2, 0) is 11.3 Å². The third-order valence-corrected chi connectivity index (χ3v) is 5.03. The van der Waals surface area contributed by atoms with Crippen molar-refractivity contribution in [2.75, 3.05) is 26.7 Å². The minimum absolute atomic E-state index is 0.0229. The van der Waals surface area contributed by atoms with Gasteiger partial charge in [-0.05, 0) is 56.1 Å². The van der Waals surface area contributed by atoms with Crippen LogP contribution in [0.25, 0.3) is 0 Å². The fourth-order valence-corrected chi connectivity index (χ4v) is 3.51. The lowest BCUT2D eigenvalue weighted by molar-refractivity contribution is 0.0938. The van der Waals surface area contributed by atoms with Crippen LogP contribution in [0.1, 0.15) is 45.9 Å². The lowest BCUT2D eigenvalue weighted by Gasteiger charge is -2.28. The zero-order valence-corrected chi connectivity index (χ0v) is 15.7. The molecule has 138 valence electrons. The maximum Gasteiger partial charge on any atom is 0.251 e. The van der Waals surface area contributed by atoms with E-state index in [0.29, 0.717) is 18.7 Å². The van der Waals surface area contributed by atoms with Crippen molar-refractivity contribution in [3.63, 3.8) is 0 Å². The second kappa shape index (κ2) is 8.97. The molecule has 4 heteroatoms. The molecule has 1 heterocycles. The number of nitrogens with one attached hydrogen (secondary N) is 1. The maximum atomic E-state index is 12.6. The second-order valence-corrected chi connectivity index (χ2v) is 7.01. The molecule has 1 aliphatic rings. The van der Waals surface area contributed by atoms with Gasteiger partial charge in [-0.15, -0.1) is 0 Å². The average molecular weight is 352 g/mol. The number of carbonyl (C=O) groups is 1. The first-order valence-electron chi connectivity index (χ1n) is 9.34. The largest absolute Gasteiger partial charge is 0.380 e. The van der Waals surface area contributed by atoms with E-state index >= 15 is 0 Å². The Kier molecular flexibility index (Phi) is 6.42. The summed E-state index contributed by atoms with van der Waals surface area (Å²) < 4.78 is 5.12. The van der Waals surface area contributed by atoms with Gasteiger partial charge in [-0.1, -0.05) is 42.0 Å². The summed E-state index contributed by atoms with van der Waals surface area (Å²) in [4.78, 5) is 15.0. The number of rotatable bonds is 7. The molecule has 3 rings (SSSR count). The standard InChI is InChI=1S/C22H28N2O2/c1-17-5-9-19(10-6-17)21(24-13-3-4-14-24)15-23-22(25)20-11-7-18(8-12-20)16-26-2/h5-12,21H,3-4,13-16H2,1-2H3,(H,23,25). The van der Waals surface area contributed by atoms with Gasteiger partial charge in [0.1, 0.15) is 0 Å². The first kappa shape index (κ1) is 18.6. The Morgan fingerprint density at radius 3 is 2.35 bits per heavy atom. The minimum atomic E-state index is -0.0229. The van der Waals surface area contributed by atoms with Gasteiger partial charge in [-0.3, -0.25) is 9.69 Å². The predicted molar refractivity (Wildman–Crippen MR) is 104 cm³/mol. The molecule has 1 unspecified atom stereocenters. The molecule has 0 saturated carbocycles. The fraction of sp³-hybridized carbons (Fsp3) is 0.409. The first-order valence-corrected chi connectivity index (χ1v) is 9.34. The summed E-state index contributed by atoms with van der Waals surface area (Å²) in [5.74, 6) is -0.0229. The smallest absolute Gasteiger partial charge is 0.251 e. The number of carbonyl (C=O) groups excluding carboxylic acids is 1. The van der Waals surface area contributed by atoms with Gasteiger partial charge >= 0.3 is 0 Å². The number of aryl methyl sites for hydroxylation is 1. The van der Waals surface area contributed by atoms with Gasteiger partial charge in [0, 0.05) is 19.2 Å². The molecule has 0 bridgehead atoms. The highest BCUT2D eigenvalue weighted by Gasteiger charge is 2.24. The van der Waals surface area contributed by atoms with Gasteiger partial charge in [0.2, 0.25) is 0 Å². The SMILES string of the molecule is COCc1ccc(C(=O)NCC(c2ccc(C)cc2)N2CCCC2)cc1. The molecule has 4 nitrogen and oxygen atoms in total. The van der Waals surface area contributed by atoms with Crippen molar-refractivity contribution in [3.8, 4) is 0 Å². The van der Waals surface area contributed by atoms with Crippen LogP contribution in [0.3, 0.4) is 0 Å². The summed E-state index contributed by atoms with van der Waals surface area (Å²) in [7, 11) is 1.67. The van der Waals surface area contributed by atoms with Gasteiger partial charge in [0.25, 0.3) is 5.91 Å². The Labute approximate surface area is 156 Å². The zero-order chi connectivity index (χ0) is 18.4. The van der Waals surface area contributed by atoms with E-state index in [-0.39, 0.29) is 11.9 Å². The number of amides is 1. The van der Waals surface area contributed by atoms with Crippen LogP contribution in [0, 0.1) is 6.92 Å². The number of methoxy groups -OCH3 is 1. The monoisotopic (exact) mass is 352 g/mol. The number of nitrogens with zero attached hydrogens (tertiary/aromatic N) is 1. The highest BCUT2D eigenvalue weighted by molar-refractivity contribution is 5.94. The van der Waals surface area contributed by atoms with Gasteiger partial charge in [0.15, 0.2) is 0 Å². The number of hydrogen-bond acceptors (Lipinski definition) is 3. The van der Waals surface area contributed by atoms with Crippen LogP contribution in [0.5, 0.6) is 0 Å². The Morgan fingerprint density at radius 1 is 1.08 bits per heavy atom. The zero-order valence-electron chi connectivity index (χ0n) is 15.7. The third-order valence-electron chi connectivity index (χ3n) is 5.03. The van der Waals surface area contributed by atoms with Crippen molar-refractivity contribution >= 4 is 5.91 Å². The van der Waals surface area contributed by atoms with E-state index in [1.165, 1.54) is 24.0 Å². The van der Waals surface area contributed by atoms with Crippen molar-refractivity contribution in [2.45, 2.75) is 32.4 Å². The summed E-state index contributed by atoms with van der Waals surface area (Å²) in [6.45, 7) is 5.48. The van der Waals surface area contributed by atoms with E-state index in [0.717, 1.165) is 18.7 Å². The van der Waals surface area contributed by atoms with Crippen molar-refractivity contribution < 1.29 is 9.53 Å². The molecule has 1 aliphatic heterocycles. The third kappa shape index (κ3) is 4.71. The van der Waals surface area contributed by atoms with Gasteiger partial charge in [0.05, 0.1) is 12.6 Å². The average Bonchev–Trinajstić information content (AvgIpc) is 3.18. The van der Waals surface area contributed by atoms with E-state index in [4.69, 9.17) is 4.74 Å². The molecule has 2 aromatic carbocycles. The molecule has 1 amide bonds. The molecule has 26 heavy (non-hydrogen) atoms. The fourth-order valence-electron chi connectivity index (χ4n) is 3.51. The first-order chi connectivity index (χ1) is 12.7. The molecule has 0 spiro atoms. The molecule has 0 radical (unpaired) electrons. The molecule has 0 aromatic heterocycles. The Bertz CT molecular complexity index is 704. The topological polar surface area (TPSA) is 41.6 Å². The highest BCUT2D eigenvalue weighted by atomic mass is 16.5. The van der Waals surface area contributed by atoms with Crippen LogP contribution in [0.4, 0.5) is 0 Å². The van der Waals surface area contributed by atoms with E-state index in [1.54, 1.807) is 7.11 Å². The quantitative estimate of drug-likeness (QED) is 0.826. The molecule has 1 fully saturated rings. The van der Waals surface area contributed by atoms with Crippen molar-refractivity contribution in [3.05, 3.63) is 70.8 Å². The lowest BCUT2D eigenvalue weighted by Crippen LogP contribution is -2.36. The molecular weight excluding hydrogens is 324 g/mol. The highest BCUT2D eigenvalue weighted by Crippen LogP contribution is 2.25. The van der Waals surface area contributed by atoms with E-state index < -0.39 is 0 Å². The summed E-state index contributed by atoms with van der Waals surface area (Å²) in [5.41, 5.74) is 4.29. The van der Waals surface area contributed by atoms with Crippen LogP contribution < -0.4 is 5.32 Å². The number of hydrogen-bond donors (Lipinski definition) is 1. The van der Waals surface area contributed by atoms with Crippen LogP contribution >= 0.6 is 0 Å². The van der Waals surface area contributed by atoms with Crippen molar-refractivity contribution in [2.24, 2.45) is 0 Å². The van der Waals surface area contributed by atoms with E-state index in [2.05, 4.69) is 41.4 Å². The molecular formula is C22H28N2O2. The summed E-state index contributed by atoms with van der Waals surface area (Å²) in [5, 5.41) is 3.13. The summed E-state index contributed by atoms with van der Waals surface area (Å²) >= 11 is 0. The number of ether oxygens (including phenoxy) is 1. The van der Waals surface area contributed by atoms with Crippen molar-refractivity contribution in [1.82, 2.24) is 10.2 Å². The van der Waals surface area contributed by atoms with Gasteiger partial charge in [-0.2, -0.15) is 0 Å². The molecule has 1 saturated heterocycles. The Balaban J connectivity index is 1.66. The van der Waals surface area contributed by atoms with Crippen LogP contribution in [0.2, 0.25) is 0 Å². The Morgan fingerprint density at radius 2 is 1.73 bits per heavy atom. The van der Waals surface area contributed by atoms with E-state index in [1.807, 2.05) is 24.3 Å². The van der Waals surface area contributed by atoms with Crippen molar-refractivity contribution in [1.29, 1.82) is 0 Å². The Hall–Kier alpha value is -2.17. The van der Waals surface area contributed by atoms with Crippen LogP contribution in [0.15, 0.2) is 48.5 Å². The summed E-state index contributed by atoms with van der Waals surface area (Å²) in [6, 6.07) is 16.5. The molecule has 1 N–H and O–H groups in total. The van der Waals surface area contributed by atoms with Gasteiger partial charge < -0.3 is 10.1 Å². The number of benzene rings is 2.